The number of hydrogen-bond donors (Lipinski definition) is 1. The molecule has 2 saturated heterocycles. The number of aromatic nitrogens is 1. The van der Waals surface area contributed by atoms with Gasteiger partial charge in [0.05, 0.1) is 29.9 Å². The van der Waals surface area contributed by atoms with Crippen LogP contribution >= 0.6 is 0 Å². The van der Waals surface area contributed by atoms with Gasteiger partial charge < -0.3 is 19.8 Å². The Labute approximate surface area is 215 Å². The highest BCUT2D eigenvalue weighted by Crippen LogP contribution is 2.35. The number of aryl methyl sites for hydroxylation is 1. The molecule has 0 aromatic carbocycles. The molecule has 8 heteroatoms. The van der Waals surface area contributed by atoms with Gasteiger partial charge in [-0.15, -0.1) is 0 Å². The molecular weight excluding hydrogens is 450 g/mol. The van der Waals surface area contributed by atoms with E-state index >= 15 is 0 Å². The molecule has 5 aliphatic rings. The van der Waals surface area contributed by atoms with E-state index in [0.29, 0.717) is 6.04 Å². The molecule has 2 fully saturated rings. The summed E-state index contributed by atoms with van der Waals surface area (Å²) in [6, 6.07) is 5.11. The average molecular weight is 492 g/mol. The molecule has 0 radical (unpaired) electrons. The zero-order valence-electron chi connectivity index (χ0n) is 21.8. The number of aliphatic hydroxyl groups is 1. The van der Waals surface area contributed by atoms with Gasteiger partial charge in [0.1, 0.15) is 11.7 Å². The molecule has 36 heavy (non-hydrogen) atoms. The molecule has 0 bridgehead atoms. The molecule has 194 valence electrons. The molecule has 0 amide bonds. The molecule has 6 rings (SSSR count). The quantitative estimate of drug-likeness (QED) is 0.648. The number of amidine groups is 1. The highest BCUT2D eigenvalue weighted by molar-refractivity contribution is 5.97. The lowest BCUT2D eigenvalue weighted by Gasteiger charge is -2.43. The Hall–Kier alpha value is -2.26. The summed E-state index contributed by atoms with van der Waals surface area (Å²) in [4.78, 5) is 22.5. The van der Waals surface area contributed by atoms with E-state index in [-0.39, 0.29) is 18.2 Å². The molecule has 3 unspecified atom stereocenters. The van der Waals surface area contributed by atoms with Crippen molar-refractivity contribution in [3.63, 3.8) is 0 Å². The van der Waals surface area contributed by atoms with Gasteiger partial charge in [-0.3, -0.25) is 19.8 Å². The van der Waals surface area contributed by atoms with Gasteiger partial charge in [-0.05, 0) is 63.6 Å². The highest BCUT2D eigenvalue weighted by Gasteiger charge is 2.42. The Bertz CT molecular complexity index is 1030. The fourth-order valence-corrected chi connectivity index (χ4v) is 6.71. The van der Waals surface area contributed by atoms with E-state index in [9.17, 15) is 5.11 Å². The predicted octanol–water partition coefficient (Wildman–Crippen LogP) is 1.57. The Morgan fingerprint density at radius 2 is 2.00 bits per heavy atom. The summed E-state index contributed by atoms with van der Waals surface area (Å²) in [5.41, 5.74) is 2.66. The third-order valence-corrected chi connectivity index (χ3v) is 8.75. The van der Waals surface area contributed by atoms with E-state index in [0.717, 1.165) is 77.5 Å². The number of allylic oxidation sites excluding steroid dienone is 2. The number of likely N-dealkylation sites (tertiary alicyclic amines) is 1. The van der Waals surface area contributed by atoms with Crippen LogP contribution in [0, 0.1) is 0 Å². The summed E-state index contributed by atoms with van der Waals surface area (Å²) in [6.07, 6.45) is 12.8. The monoisotopic (exact) mass is 491 g/mol. The van der Waals surface area contributed by atoms with Crippen LogP contribution in [0.5, 0.6) is 0 Å². The van der Waals surface area contributed by atoms with Crippen LogP contribution in [0.15, 0.2) is 47.4 Å². The fraction of sp³-hybridized carbons (Fsp3) is 0.643. The summed E-state index contributed by atoms with van der Waals surface area (Å²) in [5.74, 6) is 2.39. The molecule has 8 nitrogen and oxygen atoms in total. The molecule has 1 N–H and O–H groups in total. The number of rotatable bonds is 6. The second-order valence-electron chi connectivity index (χ2n) is 11.3. The normalized spacial score (nSPS) is 31.0. The van der Waals surface area contributed by atoms with Crippen molar-refractivity contribution < 1.29 is 5.11 Å². The highest BCUT2D eigenvalue weighted by atomic mass is 16.3. The van der Waals surface area contributed by atoms with Crippen molar-refractivity contribution in [1.29, 1.82) is 0 Å². The van der Waals surface area contributed by atoms with Crippen molar-refractivity contribution >= 4 is 5.84 Å². The van der Waals surface area contributed by atoms with E-state index < -0.39 is 0 Å². The molecule has 5 heterocycles. The Kier molecular flexibility index (Phi) is 6.86. The van der Waals surface area contributed by atoms with Crippen molar-refractivity contribution in [2.75, 3.05) is 66.5 Å². The first-order valence-electron chi connectivity index (χ1n) is 13.8. The summed E-state index contributed by atoms with van der Waals surface area (Å²) in [6.45, 7) is 7.84. The van der Waals surface area contributed by atoms with Gasteiger partial charge in [-0.25, -0.2) is 0 Å². The SMILES string of the molecule is CN1CCN(C2=CC=CC3=NC(CN(C)[C@H]4CCCc5cccnc54)C(CN4CCC(O)C4)N23)CC1. The van der Waals surface area contributed by atoms with Crippen LogP contribution in [-0.4, -0.2) is 125 Å². The Morgan fingerprint density at radius 3 is 2.81 bits per heavy atom. The topological polar surface area (TPSA) is 61.7 Å². The molecule has 1 aromatic rings. The average Bonchev–Trinajstić information content (AvgIpc) is 3.47. The summed E-state index contributed by atoms with van der Waals surface area (Å²) < 4.78 is 0. The number of fused-ring (bicyclic) bond motifs is 2. The minimum Gasteiger partial charge on any atom is -0.392 e. The fourth-order valence-electron chi connectivity index (χ4n) is 6.71. The summed E-state index contributed by atoms with van der Waals surface area (Å²) >= 11 is 0. The largest absolute Gasteiger partial charge is 0.392 e. The van der Waals surface area contributed by atoms with Crippen LogP contribution in [0.4, 0.5) is 0 Å². The van der Waals surface area contributed by atoms with Gasteiger partial charge in [0.25, 0.3) is 0 Å². The Balaban J connectivity index is 1.25. The number of aliphatic hydroxyl groups excluding tert-OH is 1. The van der Waals surface area contributed by atoms with Crippen molar-refractivity contribution in [2.24, 2.45) is 4.99 Å². The molecule has 4 aliphatic heterocycles. The van der Waals surface area contributed by atoms with Crippen molar-refractivity contribution in [3.8, 4) is 0 Å². The second kappa shape index (κ2) is 10.2. The van der Waals surface area contributed by atoms with E-state index in [4.69, 9.17) is 9.98 Å². The number of hydrogen-bond acceptors (Lipinski definition) is 8. The van der Waals surface area contributed by atoms with E-state index in [2.05, 4.69) is 69.0 Å². The van der Waals surface area contributed by atoms with Gasteiger partial charge in [0.15, 0.2) is 0 Å². The number of pyridine rings is 1. The Morgan fingerprint density at radius 1 is 1.14 bits per heavy atom. The summed E-state index contributed by atoms with van der Waals surface area (Å²) in [5, 5.41) is 10.2. The molecule has 1 aliphatic carbocycles. The first kappa shape index (κ1) is 24.1. The molecular formula is C28H41N7O. The lowest BCUT2D eigenvalue weighted by Crippen LogP contribution is -2.54. The number of likely N-dealkylation sites (N-methyl/N-ethyl adjacent to an activating group) is 2. The number of β-amino-alcohol motifs (C(OH)–C–C–N with tert-alkyl or cyclic N) is 1. The zero-order valence-corrected chi connectivity index (χ0v) is 21.8. The van der Waals surface area contributed by atoms with E-state index in [1.54, 1.807) is 0 Å². The minimum absolute atomic E-state index is 0.176. The maximum Gasteiger partial charge on any atom is 0.129 e. The molecule has 0 spiro atoms. The van der Waals surface area contributed by atoms with Crippen LogP contribution in [0.3, 0.4) is 0 Å². The third-order valence-electron chi connectivity index (χ3n) is 8.75. The zero-order chi connectivity index (χ0) is 24.6. The first-order valence-corrected chi connectivity index (χ1v) is 13.8. The van der Waals surface area contributed by atoms with Crippen LogP contribution < -0.4 is 0 Å². The predicted molar refractivity (Wildman–Crippen MR) is 143 cm³/mol. The van der Waals surface area contributed by atoms with Crippen molar-refractivity contribution in [1.82, 2.24) is 29.5 Å². The number of nitrogens with zero attached hydrogens (tertiary/aromatic N) is 7. The van der Waals surface area contributed by atoms with Gasteiger partial charge in [-0.2, -0.15) is 0 Å². The lowest BCUT2D eigenvalue weighted by atomic mass is 9.90. The minimum atomic E-state index is -0.202. The van der Waals surface area contributed by atoms with Crippen LogP contribution in [0.2, 0.25) is 0 Å². The third kappa shape index (κ3) is 4.72. The lowest BCUT2D eigenvalue weighted by molar-refractivity contribution is 0.122. The molecule has 0 saturated carbocycles. The van der Waals surface area contributed by atoms with Gasteiger partial charge >= 0.3 is 0 Å². The first-order chi connectivity index (χ1) is 17.6. The smallest absolute Gasteiger partial charge is 0.129 e. The van der Waals surface area contributed by atoms with Crippen LogP contribution in [-0.2, 0) is 6.42 Å². The standard InChI is InChI=1S/C28H41N7O/c1-31-14-16-34(17-15-31)27-10-4-9-26-30-23(25(35(26)27)20-33-13-11-22(36)18-33)19-32(2)24-8-3-6-21-7-5-12-29-28(21)24/h4-5,7,9-10,12,22-25,36H,3,6,8,11,13-20H2,1-2H3/t22?,23?,24-,25?/m0/s1. The van der Waals surface area contributed by atoms with Crippen LogP contribution in [0.25, 0.3) is 0 Å². The van der Waals surface area contributed by atoms with Gasteiger partial charge in [-0.1, -0.05) is 12.1 Å². The van der Waals surface area contributed by atoms with Crippen molar-refractivity contribution in [3.05, 3.63) is 53.6 Å². The molecule has 4 atom stereocenters. The maximum atomic E-state index is 10.2. The number of aliphatic imine (C=N–C) groups is 1. The van der Waals surface area contributed by atoms with Crippen LogP contribution in [0.1, 0.15) is 36.6 Å². The van der Waals surface area contributed by atoms with Crippen molar-refractivity contribution in [2.45, 2.75) is 49.9 Å². The maximum absolute atomic E-state index is 10.2. The number of piperazine rings is 1. The summed E-state index contributed by atoms with van der Waals surface area (Å²) in [7, 11) is 4.47. The van der Waals surface area contributed by atoms with Gasteiger partial charge in [0.2, 0.25) is 0 Å². The second-order valence-corrected chi connectivity index (χ2v) is 11.3. The van der Waals surface area contributed by atoms with Gasteiger partial charge in [0, 0.05) is 58.6 Å². The van der Waals surface area contributed by atoms with E-state index in [1.807, 2.05) is 6.20 Å². The molecule has 1 aromatic heterocycles. The van der Waals surface area contributed by atoms with E-state index in [1.165, 1.54) is 23.5 Å².